The lowest BCUT2D eigenvalue weighted by molar-refractivity contribution is -0.122. The molecule has 26 heavy (non-hydrogen) atoms. The monoisotopic (exact) mass is 384 g/mol. The number of aromatic nitrogens is 2. The molecule has 0 saturated carbocycles. The third-order valence-corrected chi connectivity index (χ3v) is 6.10. The van der Waals surface area contributed by atoms with Gasteiger partial charge in [-0.3, -0.25) is 9.48 Å². The second kappa shape index (κ2) is 7.28. The molecule has 2 fully saturated rings. The number of hydrogen-bond donors (Lipinski definition) is 1. The standard InChI is InChI=1S/C17H28N4O4S/c1-13-10-15(20(2)19-13)16(22)21-7-5-17(6-8-21)11-14(4-9-25-17)12-18-26(3,23)24/h10,14,18H,4-9,11-12H2,1-3H3. The van der Waals surface area contributed by atoms with Crippen molar-refractivity contribution < 1.29 is 17.9 Å². The fraction of sp³-hybridized carbons (Fsp3) is 0.765. The molecule has 146 valence electrons. The summed E-state index contributed by atoms with van der Waals surface area (Å²) in [5.74, 6) is 0.287. The molecule has 1 unspecified atom stereocenters. The summed E-state index contributed by atoms with van der Waals surface area (Å²) in [7, 11) is -1.38. The van der Waals surface area contributed by atoms with Crippen LogP contribution in [0.2, 0.25) is 0 Å². The van der Waals surface area contributed by atoms with E-state index in [1.54, 1.807) is 11.7 Å². The molecule has 1 aromatic heterocycles. The van der Waals surface area contributed by atoms with Gasteiger partial charge < -0.3 is 9.64 Å². The maximum absolute atomic E-state index is 12.7. The fourth-order valence-electron chi connectivity index (χ4n) is 4.01. The SMILES string of the molecule is Cc1cc(C(=O)N2CCC3(CC2)CC(CNS(C)(=O)=O)CCO3)n(C)n1. The molecular weight excluding hydrogens is 356 g/mol. The van der Waals surface area contributed by atoms with E-state index >= 15 is 0 Å². The lowest BCUT2D eigenvalue weighted by Crippen LogP contribution is -2.52. The van der Waals surface area contributed by atoms with E-state index in [-0.39, 0.29) is 17.4 Å². The number of carbonyl (C=O) groups excluding carboxylic acids is 1. The predicted octanol–water partition coefficient (Wildman–Crippen LogP) is 0.679. The van der Waals surface area contributed by atoms with Gasteiger partial charge in [-0.2, -0.15) is 5.10 Å². The molecule has 0 radical (unpaired) electrons. The number of carbonyl (C=O) groups is 1. The third-order valence-electron chi connectivity index (χ3n) is 5.41. The molecule has 0 bridgehead atoms. The van der Waals surface area contributed by atoms with Gasteiger partial charge >= 0.3 is 0 Å². The van der Waals surface area contributed by atoms with E-state index in [0.717, 1.165) is 31.4 Å². The third kappa shape index (κ3) is 4.44. The zero-order valence-corrected chi connectivity index (χ0v) is 16.5. The summed E-state index contributed by atoms with van der Waals surface area (Å²) in [6, 6.07) is 1.82. The molecule has 0 aromatic carbocycles. The number of nitrogens with zero attached hydrogens (tertiary/aromatic N) is 3. The van der Waals surface area contributed by atoms with Crippen molar-refractivity contribution in [2.75, 3.05) is 32.5 Å². The van der Waals surface area contributed by atoms with Crippen molar-refractivity contribution in [3.05, 3.63) is 17.5 Å². The topological polar surface area (TPSA) is 93.5 Å². The van der Waals surface area contributed by atoms with E-state index in [1.807, 2.05) is 17.9 Å². The lowest BCUT2D eigenvalue weighted by Gasteiger charge is -2.46. The molecule has 0 aliphatic carbocycles. The van der Waals surface area contributed by atoms with Crippen LogP contribution in [0.1, 0.15) is 41.9 Å². The molecule has 9 heteroatoms. The number of hydrogen-bond acceptors (Lipinski definition) is 5. The number of aryl methyl sites for hydroxylation is 2. The molecule has 2 aliphatic heterocycles. The Kier molecular flexibility index (Phi) is 5.41. The zero-order valence-electron chi connectivity index (χ0n) is 15.7. The molecular formula is C17H28N4O4S. The van der Waals surface area contributed by atoms with Gasteiger partial charge in [0.25, 0.3) is 5.91 Å². The summed E-state index contributed by atoms with van der Waals surface area (Å²) >= 11 is 0. The van der Waals surface area contributed by atoms with Crippen LogP contribution in [0.5, 0.6) is 0 Å². The minimum absolute atomic E-state index is 0.00838. The van der Waals surface area contributed by atoms with Crippen molar-refractivity contribution in [3.8, 4) is 0 Å². The van der Waals surface area contributed by atoms with E-state index in [1.165, 1.54) is 6.26 Å². The maximum atomic E-state index is 12.7. The summed E-state index contributed by atoms with van der Waals surface area (Å²) in [4.78, 5) is 14.6. The molecule has 8 nitrogen and oxygen atoms in total. The Hall–Kier alpha value is -1.45. The molecule has 2 saturated heterocycles. The van der Waals surface area contributed by atoms with Crippen molar-refractivity contribution >= 4 is 15.9 Å². The number of likely N-dealkylation sites (tertiary alicyclic amines) is 1. The van der Waals surface area contributed by atoms with E-state index in [0.29, 0.717) is 31.9 Å². The zero-order chi connectivity index (χ0) is 18.9. The van der Waals surface area contributed by atoms with Gasteiger partial charge in [0.2, 0.25) is 10.0 Å². The number of amides is 1. The van der Waals surface area contributed by atoms with Gasteiger partial charge in [0.05, 0.1) is 17.6 Å². The van der Waals surface area contributed by atoms with Gasteiger partial charge in [0.15, 0.2) is 0 Å². The Balaban J connectivity index is 1.58. The minimum atomic E-state index is -3.17. The van der Waals surface area contributed by atoms with E-state index in [9.17, 15) is 13.2 Å². The highest BCUT2D eigenvalue weighted by atomic mass is 32.2. The van der Waals surface area contributed by atoms with Crippen LogP contribution < -0.4 is 4.72 Å². The minimum Gasteiger partial charge on any atom is -0.375 e. The summed E-state index contributed by atoms with van der Waals surface area (Å²) in [6.45, 7) is 4.28. The smallest absolute Gasteiger partial charge is 0.272 e. The normalized spacial score (nSPS) is 23.3. The Labute approximate surface area is 154 Å². The molecule has 1 spiro atoms. The molecule has 1 amide bonds. The van der Waals surface area contributed by atoms with Crippen LogP contribution in [0.4, 0.5) is 0 Å². The van der Waals surface area contributed by atoms with Crippen LogP contribution in [0.3, 0.4) is 0 Å². The highest BCUT2D eigenvalue weighted by Gasteiger charge is 2.41. The lowest BCUT2D eigenvalue weighted by atomic mass is 9.79. The molecule has 1 atom stereocenters. The molecule has 3 heterocycles. The largest absolute Gasteiger partial charge is 0.375 e. The summed E-state index contributed by atoms with van der Waals surface area (Å²) in [5, 5.41) is 4.25. The molecule has 1 aromatic rings. The first-order valence-corrected chi connectivity index (χ1v) is 11.0. The first kappa shape index (κ1) is 19.3. The van der Waals surface area contributed by atoms with Crippen molar-refractivity contribution in [1.82, 2.24) is 19.4 Å². The average Bonchev–Trinajstić information content (AvgIpc) is 2.91. The fourth-order valence-corrected chi connectivity index (χ4v) is 4.55. The van der Waals surface area contributed by atoms with E-state index in [4.69, 9.17) is 4.74 Å². The molecule has 2 aliphatic rings. The number of nitrogens with one attached hydrogen (secondary N) is 1. The number of ether oxygens (including phenoxy) is 1. The number of rotatable bonds is 4. The van der Waals surface area contributed by atoms with E-state index < -0.39 is 10.0 Å². The van der Waals surface area contributed by atoms with Crippen LogP contribution in [-0.2, 0) is 21.8 Å². The second-order valence-corrected chi connectivity index (χ2v) is 9.43. The van der Waals surface area contributed by atoms with Crippen LogP contribution in [0.25, 0.3) is 0 Å². The highest BCUT2D eigenvalue weighted by molar-refractivity contribution is 7.88. The van der Waals surface area contributed by atoms with Crippen LogP contribution in [0, 0.1) is 12.8 Å². The Morgan fingerprint density at radius 1 is 1.42 bits per heavy atom. The average molecular weight is 385 g/mol. The maximum Gasteiger partial charge on any atom is 0.272 e. The molecule has 3 rings (SSSR count). The Morgan fingerprint density at radius 2 is 2.12 bits per heavy atom. The van der Waals surface area contributed by atoms with Gasteiger partial charge in [-0.25, -0.2) is 13.1 Å². The van der Waals surface area contributed by atoms with Crippen molar-refractivity contribution in [2.24, 2.45) is 13.0 Å². The quantitative estimate of drug-likeness (QED) is 0.824. The summed E-state index contributed by atoms with van der Waals surface area (Å²) < 4.78 is 33.0. The van der Waals surface area contributed by atoms with Crippen LogP contribution in [0.15, 0.2) is 6.07 Å². The van der Waals surface area contributed by atoms with Gasteiger partial charge in [-0.15, -0.1) is 0 Å². The number of sulfonamides is 1. The van der Waals surface area contributed by atoms with Gasteiger partial charge in [-0.05, 0) is 44.6 Å². The van der Waals surface area contributed by atoms with Gasteiger partial charge in [0, 0.05) is 33.3 Å². The first-order valence-electron chi connectivity index (χ1n) is 9.06. The number of piperidine rings is 1. The van der Waals surface area contributed by atoms with Crippen LogP contribution >= 0.6 is 0 Å². The Morgan fingerprint density at radius 3 is 2.69 bits per heavy atom. The first-order chi connectivity index (χ1) is 12.2. The van der Waals surface area contributed by atoms with Gasteiger partial charge in [0.1, 0.15) is 5.69 Å². The summed E-state index contributed by atoms with van der Waals surface area (Å²) in [6.07, 6.45) is 4.45. The van der Waals surface area contributed by atoms with Crippen molar-refractivity contribution in [2.45, 2.75) is 38.2 Å². The van der Waals surface area contributed by atoms with Crippen molar-refractivity contribution in [1.29, 1.82) is 0 Å². The van der Waals surface area contributed by atoms with E-state index in [2.05, 4.69) is 9.82 Å². The molecule has 1 N–H and O–H groups in total. The highest BCUT2D eigenvalue weighted by Crippen LogP contribution is 2.37. The second-order valence-electron chi connectivity index (χ2n) is 7.60. The Bertz CT molecular complexity index is 766. The van der Waals surface area contributed by atoms with Crippen molar-refractivity contribution in [3.63, 3.8) is 0 Å². The van der Waals surface area contributed by atoms with Gasteiger partial charge in [-0.1, -0.05) is 0 Å². The summed E-state index contributed by atoms with van der Waals surface area (Å²) in [5.41, 5.74) is 1.21. The van der Waals surface area contributed by atoms with Crippen LogP contribution in [-0.4, -0.2) is 67.1 Å². The predicted molar refractivity (Wildman–Crippen MR) is 97.3 cm³/mol.